The number of nitrogens with zero attached hydrogens (tertiary/aromatic N) is 3. The van der Waals surface area contributed by atoms with Crippen molar-refractivity contribution in [2.24, 2.45) is 0 Å². The topological polar surface area (TPSA) is 163 Å². The highest BCUT2D eigenvalue weighted by Crippen LogP contribution is 2.27. The highest BCUT2D eigenvalue weighted by atomic mass is 35.5. The van der Waals surface area contributed by atoms with Gasteiger partial charge in [0.2, 0.25) is 0 Å². The van der Waals surface area contributed by atoms with Gasteiger partial charge in [0.15, 0.2) is 0 Å². The summed E-state index contributed by atoms with van der Waals surface area (Å²) in [6.45, 7) is 4.17. The Bertz CT molecular complexity index is 2520. The Morgan fingerprint density at radius 1 is 0.738 bits per heavy atom. The molecule has 2 amide bonds. The molecule has 12 nitrogen and oxygen atoms in total. The largest absolute Gasteiger partial charge is 0.480 e. The van der Waals surface area contributed by atoms with Crippen molar-refractivity contribution in [1.29, 1.82) is 0 Å². The lowest BCUT2D eigenvalue weighted by molar-refractivity contribution is -0.143. The number of carbonyl (C=O) groups is 4. The van der Waals surface area contributed by atoms with Crippen LogP contribution in [0.15, 0.2) is 109 Å². The van der Waals surface area contributed by atoms with Gasteiger partial charge in [0.05, 0.1) is 38.3 Å². The molecule has 2 aromatic heterocycles. The molecule has 0 saturated carbocycles. The summed E-state index contributed by atoms with van der Waals surface area (Å²) >= 11 is 24.3. The minimum Gasteiger partial charge on any atom is -0.480 e. The van der Waals surface area contributed by atoms with Gasteiger partial charge in [0, 0.05) is 62.8 Å². The number of hydrogen-bond acceptors (Lipinski definition) is 9. The van der Waals surface area contributed by atoms with Crippen LogP contribution < -0.4 is 16.0 Å². The van der Waals surface area contributed by atoms with Crippen molar-refractivity contribution in [3.05, 3.63) is 175 Å². The number of methoxy groups -OCH3 is 1. The molecule has 5 aromatic rings. The van der Waals surface area contributed by atoms with Gasteiger partial charge in [-0.2, -0.15) is 0 Å². The van der Waals surface area contributed by atoms with Gasteiger partial charge in [0.25, 0.3) is 11.8 Å². The molecule has 2 aliphatic rings. The maximum absolute atomic E-state index is 13.1. The zero-order valence-electron chi connectivity index (χ0n) is 35.1. The molecule has 0 bridgehead atoms. The fourth-order valence-corrected chi connectivity index (χ4v) is 8.30. The van der Waals surface area contributed by atoms with Gasteiger partial charge >= 0.3 is 11.9 Å². The van der Waals surface area contributed by atoms with E-state index in [0.29, 0.717) is 11.4 Å². The van der Waals surface area contributed by atoms with E-state index in [4.69, 9.17) is 51.1 Å². The van der Waals surface area contributed by atoms with E-state index in [1.807, 2.05) is 18.2 Å². The van der Waals surface area contributed by atoms with Crippen molar-refractivity contribution in [3.63, 3.8) is 0 Å². The number of ether oxygens (including phenoxy) is 1. The third-order valence-corrected chi connectivity index (χ3v) is 11.9. The third kappa shape index (κ3) is 13.7. The van der Waals surface area contributed by atoms with E-state index in [9.17, 15) is 28.7 Å². The van der Waals surface area contributed by atoms with E-state index in [2.05, 4.69) is 43.0 Å². The lowest BCUT2D eigenvalue weighted by atomic mass is 10.00. The zero-order chi connectivity index (χ0) is 46.5. The van der Waals surface area contributed by atoms with Crippen LogP contribution in [0.3, 0.4) is 0 Å². The number of nitrogens with one attached hydrogen (secondary N) is 3. The number of amides is 2. The van der Waals surface area contributed by atoms with Gasteiger partial charge in [-0.1, -0.05) is 95.0 Å². The second-order valence-electron chi connectivity index (χ2n) is 15.1. The summed E-state index contributed by atoms with van der Waals surface area (Å²) in [6, 6.07) is 21.3. The van der Waals surface area contributed by atoms with Crippen molar-refractivity contribution >= 4 is 81.3 Å². The SMILES string of the molecule is COC(=O)[C@H](Cc1ccc(C2=CCNCC2)cn1)NC(=O)c1c(Cl)cccc1Cl.O=C(N[C@@H](Cc1ccc(C2=CCN(Cc3ccc(F)cc3)CC2)cn1)C(=O)O)c1c(Cl)cccc1Cl. The van der Waals surface area contributed by atoms with Crippen LogP contribution in [0.1, 0.15) is 61.6 Å². The number of benzene rings is 3. The number of aromatic nitrogens is 2. The molecule has 4 N–H and O–H groups in total. The van der Waals surface area contributed by atoms with Crippen LogP contribution in [0.5, 0.6) is 0 Å². The van der Waals surface area contributed by atoms with Crippen LogP contribution in [-0.2, 0) is 33.7 Å². The maximum atomic E-state index is 13.1. The summed E-state index contributed by atoms with van der Waals surface area (Å²) in [5, 5.41) is 18.7. The van der Waals surface area contributed by atoms with Gasteiger partial charge < -0.3 is 25.8 Å². The molecule has 0 fully saturated rings. The second-order valence-corrected chi connectivity index (χ2v) is 16.7. The molecule has 0 saturated heterocycles. The summed E-state index contributed by atoms with van der Waals surface area (Å²) in [4.78, 5) is 60.4. The number of esters is 1. The molecule has 17 heteroatoms. The summed E-state index contributed by atoms with van der Waals surface area (Å²) in [5.41, 5.74) is 6.84. The van der Waals surface area contributed by atoms with E-state index in [0.717, 1.165) is 62.3 Å². The maximum Gasteiger partial charge on any atom is 0.328 e. The van der Waals surface area contributed by atoms with Gasteiger partial charge in [-0.25, -0.2) is 14.0 Å². The average molecular weight is 963 g/mol. The number of carboxylic acid groups (broad SMARTS) is 1. The third-order valence-electron chi connectivity index (χ3n) is 10.7. The fourth-order valence-electron chi connectivity index (χ4n) is 7.16. The number of carbonyl (C=O) groups excluding carboxylic acids is 3. The quantitative estimate of drug-likeness (QED) is 0.0794. The minimum atomic E-state index is -1.20. The number of pyridine rings is 2. The minimum absolute atomic E-state index is 0.00786. The molecule has 2 atom stereocenters. The van der Waals surface area contributed by atoms with Crippen molar-refractivity contribution in [1.82, 2.24) is 30.8 Å². The number of halogens is 5. The first-order valence-electron chi connectivity index (χ1n) is 20.6. The van der Waals surface area contributed by atoms with Crippen molar-refractivity contribution in [2.45, 2.75) is 44.3 Å². The van der Waals surface area contributed by atoms with Crippen molar-refractivity contribution < 1.29 is 33.4 Å². The van der Waals surface area contributed by atoms with E-state index in [1.54, 1.807) is 54.9 Å². The Morgan fingerprint density at radius 2 is 1.26 bits per heavy atom. The second kappa shape index (κ2) is 23.5. The molecule has 0 spiro atoms. The summed E-state index contributed by atoms with van der Waals surface area (Å²) in [5.74, 6) is -3.21. The van der Waals surface area contributed by atoms with Crippen LogP contribution in [0.2, 0.25) is 20.1 Å². The van der Waals surface area contributed by atoms with Crippen LogP contribution >= 0.6 is 46.4 Å². The standard InChI is InChI=1S/C27H24Cl2FN3O3.C21H21Cl2N3O3/c28-22-2-1-3-23(29)25(22)26(34)32-24(27(35)36)14-21-9-6-19(15-31-21)18-10-12-33(13-11-18)16-17-4-7-20(30)8-5-17;1-29-21(28)18(26-20(27)19-16(22)3-2-4-17(19)23)11-15-6-5-14(12-25-15)13-7-9-24-10-8-13/h1-10,15,24H,11-14,16H2,(H,32,34)(H,35,36);2-7,12,18,24H,8-11H2,1H3,(H,26,27)/t24-;18-/m00/s1. The van der Waals surface area contributed by atoms with E-state index < -0.39 is 35.8 Å². The molecule has 0 radical (unpaired) electrons. The smallest absolute Gasteiger partial charge is 0.328 e. The molecule has 3 aromatic carbocycles. The summed E-state index contributed by atoms with van der Waals surface area (Å²) < 4.78 is 17.9. The highest BCUT2D eigenvalue weighted by Gasteiger charge is 2.27. The van der Waals surface area contributed by atoms with Gasteiger partial charge in [-0.15, -0.1) is 0 Å². The normalized spacial score (nSPS) is 14.7. The van der Waals surface area contributed by atoms with Crippen molar-refractivity contribution in [3.8, 4) is 0 Å². The molecule has 338 valence electrons. The molecule has 7 rings (SSSR count). The Hall–Kier alpha value is -5.67. The Balaban J connectivity index is 0.000000221. The van der Waals surface area contributed by atoms with E-state index in [-0.39, 0.29) is 49.9 Å². The Morgan fingerprint density at radius 3 is 1.71 bits per heavy atom. The lowest BCUT2D eigenvalue weighted by Crippen LogP contribution is -2.43. The Labute approximate surface area is 395 Å². The van der Waals surface area contributed by atoms with Crippen molar-refractivity contribution in [2.75, 3.05) is 33.3 Å². The molecule has 65 heavy (non-hydrogen) atoms. The van der Waals surface area contributed by atoms with E-state index >= 15 is 0 Å². The Kier molecular flexibility index (Phi) is 17.6. The van der Waals surface area contributed by atoms with Crippen LogP contribution in [0.4, 0.5) is 4.39 Å². The first kappa shape index (κ1) is 48.8. The molecule has 4 heterocycles. The van der Waals surface area contributed by atoms with E-state index in [1.165, 1.54) is 42.5 Å². The first-order chi connectivity index (χ1) is 31.3. The fraction of sp³-hybridized carbons (Fsp3) is 0.250. The zero-order valence-corrected chi connectivity index (χ0v) is 38.2. The molecule has 0 aliphatic carbocycles. The van der Waals surface area contributed by atoms with Crippen LogP contribution in [0, 0.1) is 5.82 Å². The molecular formula is C48H45Cl4FN6O6. The predicted octanol–water partition coefficient (Wildman–Crippen LogP) is 8.52. The number of rotatable bonds is 14. The monoisotopic (exact) mass is 960 g/mol. The summed E-state index contributed by atoms with van der Waals surface area (Å²) in [7, 11) is 1.27. The number of aliphatic carboxylic acids is 1. The van der Waals surface area contributed by atoms with Crippen LogP contribution in [0.25, 0.3) is 11.1 Å². The highest BCUT2D eigenvalue weighted by molar-refractivity contribution is 6.40. The summed E-state index contributed by atoms with van der Waals surface area (Å²) in [6.07, 6.45) is 9.78. The van der Waals surface area contributed by atoms with Gasteiger partial charge in [-0.05, 0) is 95.8 Å². The molecule has 0 unspecified atom stereocenters. The molecule has 2 aliphatic heterocycles. The van der Waals surface area contributed by atoms with Crippen LogP contribution in [-0.4, -0.2) is 89.1 Å². The number of carboxylic acids is 1. The molecular weight excluding hydrogens is 917 g/mol. The predicted molar refractivity (Wildman–Crippen MR) is 251 cm³/mol. The van der Waals surface area contributed by atoms with Gasteiger partial charge in [0.1, 0.15) is 17.9 Å². The first-order valence-corrected chi connectivity index (χ1v) is 22.1. The number of hydrogen-bond donors (Lipinski definition) is 4. The average Bonchev–Trinajstić information content (AvgIpc) is 3.30. The van der Waals surface area contributed by atoms with Gasteiger partial charge in [-0.3, -0.25) is 24.5 Å². The lowest BCUT2D eigenvalue weighted by Gasteiger charge is -2.26.